The van der Waals surface area contributed by atoms with Crippen LogP contribution < -0.4 is 10.6 Å². The molecule has 1 fully saturated rings. The van der Waals surface area contributed by atoms with Crippen LogP contribution in [0.15, 0.2) is 16.8 Å². The Hall–Kier alpha value is -1.91. The highest BCUT2D eigenvalue weighted by Gasteiger charge is 2.27. The summed E-state index contributed by atoms with van der Waals surface area (Å²) >= 11 is 1.61. The minimum atomic E-state index is -0.596. The van der Waals surface area contributed by atoms with E-state index in [9.17, 15) is 9.59 Å². The van der Waals surface area contributed by atoms with Crippen LogP contribution in [0.3, 0.4) is 0 Å². The summed E-state index contributed by atoms with van der Waals surface area (Å²) in [5.41, 5.74) is 1.13. The fourth-order valence-corrected chi connectivity index (χ4v) is 3.81. The quantitative estimate of drug-likeness (QED) is 0.766. The zero-order valence-electron chi connectivity index (χ0n) is 14.1. The number of hydrogen-bond donors (Lipinski definition) is 2. The van der Waals surface area contributed by atoms with E-state index in [1.165, 1.54) is 0 Å². The molecule has 3 atom stereocenters. The van der Waals surface area contributed by atoms with Crippen molar-refractivity contribution in [3.63, 3.8) is 0 Å². The molecule has 1 aliphatic carbocycles. The monoisotopic (exact) mass is 348 g/mol. The van der Waals surface area contributed by atoms with Crippen LogP contribution in [-0.2, 0) is 9.59 Å². The lowest BCUT2D eigenvalue weighted by molar-refractivity contribution is -0.139. The van der Waals surface area contributed by atoms with Crippen molar-refractivity contribution in [1.29, 1.82) is 5.26 Å². The molecule has 24 heavy (non-hydrogen) atoms. The van der Waals surface area contributed by atoms with Crippen molar-refractivity contribution in [3.8, 4) is 6.07 Å². The van der Waals surface area contributed by atoms with Crippen molar-refractivity contribution in [1.82, 2.24) is 15.5 Å². The maximum atomic E-state index is 12.0. The molecular weight excluding hydrogens is 324 g/mol. The molecule has 1 heterocycles. The second-order valence-electron chi connectivity index (χ2n) is 6.46. The molecule has 1 aliphatic rings. The molecule has 1 unspecified atom stereocenters. The Morgan fingerprint density at radius 2 is 2.21 bits per heavy atom. The Morgan fingerprint density at radius 3 is 2.83 bits per heavy atom. The van der Waals surface area contributed by atoms with Gasteiger partial charge in [-0.05, 0) is 61.7 Å². The summed E-state index contributed by atoms with van der Waals surface area (Å²) in [6.07, 6.45) is 3.06. The number of nitrogens with one attached hydrogen (secondary N) is 2. The number of nitriles is 1. The SMILES string of the molecule is CN(C)C(CNC(=O)C(=O)N[C@@H]1CC[C@H](CC#N)C1)c1ccsc1. The molecule has 2 amide bonds. The minimum absolute atomic E-state index is 0.00289. The molecule has 0 saturated heterocycles. The van der Waals surface area contributed by atoms with Gasteiger partial charge in [-0.2, -0.15) is 16.6 Å². The number of hydrogen-bond acceptors (Lipinski definition) is 5. The van der Waals surface area contributed by atoms with Crippen LogP contribution in [0.1, 0.15) is 37.3 Å². The summed E-state index contributed by atoms with van der Waals surface area (Å²) in [5, 5.41) is 18.3. The van der Waals surface area contributed by atoms with E-state index in [-0.39, 0.29) is 12.1 Å². The summed E-state index contributed by atoms with van der Waals surface area (Å²) in [4.78, 5) is 26.1. The standard InChI is InChI=1S/C17H24N4O2S/c1-21(2)15(13-6-8-24-11-13)10-19-16(22)17(23)20-14-4-3-12(9-14)5-7-18/h6,8,11-12,14-15H,3-5,9-10H2,1-2H3,(H,19,22)(H,20,23)/t12-,14-,15?/m1/s1. The normalized spacial score (nSPS) is 21.2. The Morgan fingerprint density at radius 1 is 1.42 bits per heavy atom. The highest BCUT2D eigenvalue weighted by atomic mass is 32.1. The van der Waals surface area contributed by atoms with Gasteiger partial charge in [-0.1, -0.05) is 0 Å². The summed E-state index contributed by atoms with van der Waals surface area (Å²) in [5.74, 6) is -0.846. The molecular formula is C17H24N4O2S. The Balaban J connectivity index is 1.79. The number of carbonyl (C=O) groups is 2. The molecule has 0 spiro atoms. The van der Waals surface area contributed by atoms with Gasteiger partial charge in [-0.3, -0.25) is 9.59 Å². The van der Waals surface area contributed by atoms with E-state index in [4.69, 9.17) is 5.26 Å². The number of rotatable bonds is 6. The molecule has 1 saturated carbocycles. The van der Waals surface area contributed by atoms with Gasteiger partial charge in [0.25, 0.3) is 0 Å². The van der Waals surface area contributed by atoms with Gasteiger partial charge in [0.2, 0.25) is 0 Å². The molecule has 7 heteroatoms. The third kappa shape index (κ3) is 5.05. The summed E-state index contributed by atoms with van der Waals surface area (Å²) in [6, 6.07) is 4.23. The minimum Gasteiger partial charge on any atom is -0.346 e. The average molecular weight is 348 g/mol. The van der Waals surface area contributed by atoms with E-state index in [0.717, 1.165) is 24.8 Å². The van der Waals surface area contributed by atoms with Crippen LogP contribution in [0.25, 0.3) is 0 Å². The molecule has 0 aliphatic heterocycles. The Kier molecular flexibility index (Phi) is 6.76. The highest BCUT2D eigenvalue weighted by molar-refractivity contribution is 7.07. The number of thiophene rings is 1. The number of nitrogens with zero attached hydrogens (tertiary/aromatic N) is 2. The zero-order chi connectivity index (χ0) is 17.5. The third-order valence-electron chi connectivity index (χ3n) is 4.47. The second-order valence-corrected chi connectivity index (χ2v) is 7.24. The molecule has 2 N–H and O–H groups in total. The van der Waals surface area contributed by atoms with Gasteiger partial charge in [-0.15, -0.1) is 0 Å². The van der Waals surface area contributed by atoms with Gasteiger partial charge in [0, 0.05) is 19.0 Å². The average Bonchev–Trinajstić information content (AvgIpc) is 3.19. The molecule has 130 valence electrons. The van der Waals surface area contributed by atoms with Crippen LogP contribution in [0.4, 0.5) is 0 Å². The van der Waals surface area contributed by atoms with Crippen molar-refractivity contribution >= 4 is 23.2 Å². The number of carbonyl (C=O) groups excluding carboxylic acids is 2. The van der Waals surface area contributed by atoms with Gasteiger partial charge in [0.05, 0.1) is 12.1 Å². The lowest BCUT2D eigenvalue weighted by Crippen LogP contribution is -2.45. The predicted octanol–water partition coefficient (Wildman–Crippen LogP) is 1.67. The molecule has 6 nitrogen and oxygen atoms in total. The Bertz CT molecular complexity index is 594. The van der Waals surface area contributed by atoms with Gasteiger partial charge < -0.3 is 15.5 Å². The van der Waals surface area contributed by atoms with Crippen LogP contribution in [0.2, 0.25) is 0 Å². The van der Waals surface area contributed by atoms with Crippen LogP contribution in [0, 0.1) is 17.2 Å². The first kappa shape index (κ1) is 18.4. The van der Waals surface area contributed by atoms with Gasteiger partial charge in [0.1, 0.15) is 0 Å². The Labute approximate surface area is 146 Å². The molecule has 0 bridgehead atoms. The lowest BCUT2D eigenvalue weighted by Gasteiger charge is -2.24. The maximum absolute atomic E-state index is 12.0. The van der Waals surface area contributed by atoms with Crippen molar-refractivity contribution < 1.29 is 9.59 Å². The first-order chi connectivity index (χ1) is 11.5. The van der Waals surface area contributed by atoms with E-state index in [1.807, 2.05) is 35.8 Å². The van der Waals surface area contributed by atoms with E-state index < -0.39 is 11.8 Å². The maximum Gasteiger partial charge on any atom is 0.309 e. The molecule has 1 aromatic heterocycles. The number of likely N-dealkylation sites (N-methyl/N-ethyl adjacent to an activating group) is 1. The first-order valence-corrected chi connectivity index (χ1v) is 9.09. The largest absolute Gasteiger partial charge is 0.346 e. The topological polar surface area (TPSA) is 85.2 Å². The molecule has 2 rings (SSSR count). The van der Waals surface area contributed by atoms with Gasteiger partial charge in [0.15, 0.2) is 0 Å². The smallest absolute Gasteiger partial charge is 0.309 e. The van der Waals surface area contributed by atoms with Crippen molar-refractivity contribution in [2.75, 3.05) is 20.6 Å². The van der Waals surface area contributed by atoms with Crippen molar-refractivity contribution in [2.45, 2.75) is 37.8 Å². The van der Waals surface area contributed by atoms with Crippen LogP contribution >= 0.6 is 11.3 Å². The lowest BCUT2D eigenvalue weighted by atomic mass is 10.1. The first-order valence-electron chi connectivity index (χ1n) is 8.15. The van der Waals surface area contributed by atoms with E-state index in [1.54, 1.807) is 11.3 Å². The van der Waals surface area contributed by atoms with Gasteiger partial charge >= 0.3 is 11.8 Å². The number of amides is 2. The third-order valence-corrected chi connectivity index (χ3v) is 5.17. The zero-order valence-corrected chi connectivity index (χ0v) is 14.9. The van der Waals surface area contributed by atoms with E-state index in [2.05, 4.69) is 16.7 Å². The van der Waals surface area contributed by atoms with Crippen molar-refractivity contribution in [2.24, 2.45) is 5.92 Å². The summed E-state index contributed by atoms with van der Waals surface area (Å²) in [7, 11) is 3.89. The van der Waals surface area contributed by atoms with Crippen molar-refractivity contribution in [3.05, 3.63) is 22.4 Å². The fraction of sp³-hybridized carbons (Fsp3) is 0.588. The summed E-state index contributed by atoms with van der Waals surface area (Å²) in [6.45, 7) is 0.387. The highest BCUT2D eigenvalue weighted by Crippen LogP contribution is 2.27. The van der Waals surface area contributed by atoms with E-state index in [0.29, 0.717) is 18.9 Å². The van der Waals surface area contributed by atoms with E-state index >= 15 is 0 Å². The summed E-state index contributed by atoms with van der Waals surface area (Å²) < 4.78 is 0. The molecule has 0 aromatic carbocycles. The fourth-order valence-electron chi connectivity index (χ4n) is 3.10. The second kappa shape index (κ2) is 8.81. The van der Waals surface area contributed by atoms with Crippen LogP contribution in [-0.4, -0.2) is 43.4 Å². The molecule has 1 aromatic rings. The predicted molar refractivity (Wildman–Crippen MR) is 93.3 cm³/mol. The van der Waals surface area contributed by atoms with Crippen LogP contribution in [0.5, 0.6) is 0 Å². The molecule has 0 radical (unpaired) electrons. The van der Waals surface area contributed by atoms with Gasteiger partial charge in [-0.25, -0.2) is 0 Å².